The van der Waals surface area contributed by atoms with Gasteiger partial charge < -0.3 is 4.90 Å². The van der Waals surface area contributed by atoms with Crippen molar-refractivity contribution in [2.24, 2.45) is 0 Å². The summed E-state index contributed by atoms with van der Waals surface area (Å²) in [6.45, 7) is 5.38. The van der Waals surface area contributed by atoms with Crippen molar-refractivity contribution in [2.75, 3.05) is 22.8 Å². The minimum Gasteiger partial charge on any atom is -0.352 e. The van der Waals surface area contributed by atoms with E-state index in [1.54, 1.807) is 12.1 Å². The summed E-state index contributed by atoms with van der Waals surface area (Å²) in [5, 5.41) is 0. The third-order valence-electron chi connectivity index (χ3n) is 10.6. The monoisotopic (exact) mass is 537 g/mol. The van der Waals surface area contributed by atoms with Crippen LogP contribution in [0, 0.1) is 0 Å². The molecule has 0 radical (unpaired) electrons. The number of fused-ring (bicyclic) bond motifs is 2. The molecule has 9 rings (SSSR count). The van der Waals surface area contributed by atoms with Crippen molar-refractivity contribution in [2.45, 2.75) is 73.5 Å². The molecule has 1 saturated heterocycles. The van der Waals surface area contributed by atoms with Gasteiger partial charge in [0.1, 0.15) is 6.17 Å². The number of allylic oxidation sites excluding steroid dienone is 1. The molecule has 5 heterocycles. The first-order valence-electron chi connectivity index (χ1n) is 14.3. The smallest absolute Gasteiger partial charge is 0.266 e. The van der Waals surface area contributed by atoms with Gasteiger partial charge in [0.15, 0.2) is 0 Å². The Morgan fingerprint density at radius 1 is 0.897 bits per heavy atom. The van der Waals surface area contributed by atoms with Crippen LogP contribution in [0.4, 0.5) is 11.4 Å². The van der Waals surface area contributed by atoms with Gasteiger partial charge in [0.2, 0.25) is 0 Å². The van der Waals surface area contributed by atoms with E-state index in [1.807, 2.05) is 28.6 Å². The van der Waals surface area contributed by atoms with Crippen molar-refractivity contribution in [1.82, 2.24) is 4.90 Å². The van der Waals surface area contributed by atoms with E-state index in [4.69, 9.17) is 0 Å². The number of benzene rings is 3. The van der Waals surface area contributed by atoms with Crippen molar-refractivity contribution in [3.8, 4) is 0 Å². The molecule has 2 spiro atoms. The SMILES string of the molecule is CC(C)=C[C@@H]1c2cccc3c2[C@]24CCN1[C@H]1CCC[C@]12c1ccccc1N(S(=O)(=O)c1ccccc1)[C@@H]4N3C. The number of para-hydroxylation sites is 1. The van der Waals surface area contributed by atoms with E-state index >= 15 is 0 Å². The number of piperidine rings is 1. The molecule has 1 saturated carbocycles. The minimum absolute atomic E-state index is 0.144. The lowest BCUT2D eigenvalue weighted by Gasteiger charge is -2.64. The van der Waals surface area contributed by atoms with Gasteiger partial charge in [0.05, 0.1) is 22.0 Å². The Labute approximate surface area is 231 Å². The Balaban J connectivity index is 1.52. The van der Waals surface area contributed by atoms with Crippen LogP contribution in [0.2, 0.25) is 0 Å². The molecule has 1 aliphatic carbocycles. The number of hydrogen-bond donors (Lipinski definition) is 0. The molecule has 1 unspecified atom stereocenters. The van der Waals surface area contributed by atoms with Gasteiger partial charge in [0, 0.05) is 30.7 Å². The molecule has 6 aliphatic rings. The Bertz CT molecular complexity index is 1650. The highest BCUT2D eigenvalue weighted by molar-refractivity contribution is 7.92. The number of nitrogens with zero attached hydrogens (tertiary/aromatic N) is 3. The zero-order valence-corrected chi connectivity index (χ0v) is 23.7. The molecule has 5 nitrogen and oxygen atoms in total. The van der Waals surface area contributed by atoms with Crippen LogP contribution in [0.3, 0.4) is 0 Å². The first-order valence-corrected chi connectivity index (χ1v) is 15.7. The molecule has 200 valence electrons. The van der Waals surface area contributed by atoms with Crippen molar-refractivity contribution in [3.63, 3.8) is 0 Å². The molecule has 0 amide bonds. The predicted octanol–water partition coefficient (Wildman–Crippen LogP) is 6.13. The van der Waals surface area contributed by atoms with Gasteiger partial charge in [-0.2, -0.15) is 0 Å². The quantitative estimate of drug-likeness (QED) is 0.377. The van der Waals surface area contributed by atoms with E-state index < -0.39 is 10.0 Å². The highest BCUT2D eigenvalue weighted by Crippen LogP contribution is 2.73. The summed E-state index contributed by atoms with van der Waals surface area (Å²) in [6, 6.07) is 24.8. The average Bonchev–Trinajstić information content (AvgIpc) is 3.44. The summed E-state index contributed by atoms with van der Waals surface area (Å²) in [6.07, 6.45) is 6.49. The fourth-order valence-corrected chi connectivity index (χ4v) is 11.3. The third-order valence-corrected chi connectivity index (χ3v) is 12.4. The largest absolute Gasteiger partial charge is 0.352 e. The molecule has 0 N–H and O–H groups in total. The van der Waals surface area contributed by atoms with Gasteiger partial charge in [-0.3, -0.25) is 4.90 Å². The summed E-state index contributed by atoms with van der Waals surface area (Å²) in [4.78, 5) is 5.45. The van der Waals surface area contributed by atoms with Crippen LogP contribution in [0.1, 0.15) is 62.3 Å². The van der Waals surface area contributed by atoms with Crippen LogP contribution in [-0.4, -0.2) is 39.1 Å². The van der Waals surface area contributed by atoms with Crippen molar-refractivity contribution >= 4 is 21.4 Å². The number of anilines is 2. The van der Waals surface area contributed by atoms with Gasteiger partial charge >= 0.3 is 0 Å². The topological polar surface area (TPSA) is 43.9 Å². The van der Waals surface area contributed by atoms with E-state index in [0.29, 0.717) is 10.9 Å². The van der Waals surface area contributed by atoms with E-state index in [2.05, 4.69) is 73.2 Å². The normalized spacial score (nSPS) is 33.3. The van der Waals surface area contributed by atoms with E-state index in [9.17, 15) is 8.42 Å². The van der Waals surface area contributed by atoms with Gasteiger partial charge in [-0.1, -0.05) is 66.6 Å². The third kappa shape index (κ3) is 2.63. The van der Waals surface area contributed by atoms with E-state index in [-0.39, 0.29) is 23.0 Å². The summed E-state index contributed by atoms with van der Waals surface area (Å²) in [5.41, 5.74) is 6.90. The highest BCUT2D eigenvalue weighted by Gasteiger charge is 2.75. The average molecular weight is 538 g/mol. The Hall–Kier alpha value is -3.09. The predicted molar refractivity (Wildman–Crippen MR) is 156 cm³/mol. The molecule has 6 atom stereocenters. The lowest BCUT2D eigenvalue weighted by atomic mass is 9.49. The fourth-order valence-electron chi connectivity index (χ4n) is 9.59. The maximum atomic E-state index is 14.7. The van der Waals surface area contributed by atoms with Gasteiger partial charge in [-0.15, -0.1) is 0 Å². The van der Waals surface area contributed by atoms with Crippen molar-refractivity contribution in [1.29, 1.82) is 0 Å². The van der Waals surface area contributed by atoms with Crippen LogP contribution >= 0.6 is 0 Å². The Kier molecular flexibility index (Phi) is 4.73. The van der Waals surface area contributed by atoms with Crippen LogP contribution in [0.25, 0.3) is 0 Å². The molecular weight excluding hydrogens is 502 g/mol. The zero-order chi connectivity index (χ0) is 26.7. The van der Waals surface area contributed by atoms with Crippen molar-refractivity contribution < 1.29 is 8.42 Å². The minimum atomic E-state index is -3.83. The Morgan fingerprint density at radius 3 is 2.44 bits per heavy atom. The maximum Gasteiger partial charge on any atom is 0.266 e. The van der Waals surface area contributed by atoms with E-state index in [0.717, 1.165) is 37.9 Å². The first kappa shape index (κ1) is 23.8. The lowest BCUT2D eigenvalue weighted by Crippen LogP contribution is -2.73. The number of sulfonamides is 1. The fraction of sp³-hybridized carbons (Fsp3) is 0.394. The van der Waals surface area contributed by atoms with Crippen LogP contribution in [0.5, 0.6) is 0 Å². The lowest BCUT2D eigenvalue weighted by molar-refractivity contribution is 0.00163. The standard InChI is InChI=1S/C33H35N3O2S/c1-22(2)21-28-24-13-9-16-27-30(24)33-19-20-35(28)29-17-10-18-32(29,33)25-14-7-8-15-26(25)36(31(33)34(27)3)39(37,38)23-11-5-4-6-12-23/h4-9,11-16,21,28-29,31H,10,17-20H2,1-3H3/t28-,29+,31+,32+,33+/m1/s1. The number of hydrogen-bond acceptors (Lipinski definition) is 4. The van der Waals surface area contributed by atoms with Crippen LogP contribution in [0.15, 0.2) is 89.3 Å². The maximum absolute atomic E-state index is 14.7. The molecule has 6 heteroatoms. The molecule has 2 fully saturated rings. The molecule has 3 aromatic rings. The van der Waals surface area contributed by atoms with Crippen molar-refractivity contribution in [3.05, 3.63) is 101 Å². The molecule has 5 aliphatic heterocycles. The summed E-state index contributed by atoms with van der Waals surface area (Å²) in [5.74, 6) is 0. The second-order valence-electron chi connectivity index (χ2n) is 12.4. The molecular formula is C33H35N3O2S. The van der Waals surface area contributed by atoms with Gasteiger partial charge in [-0.25, -0.2) is 12.7 Å². The zero-order valence-electron chi connectivity index (χ0n) is 22.8. The summed E-state index contributed by atoms with van der Waals surface area (Å²) >= 11 is 0. The second kappa shape index (κ2) is 7.76. The summed E-state index contributed by atoms with van der Waals surface area (Å²) < 4.78 is 31.3. The summed E-state index contributed by atoms with van der Waals surface area (Å²) in [7, 11) is -1.70. The number of likely N-dealkylation sites (N-methyl/N-ethyl adjacent to an activating group) is 1. The second-order valence-corrected chi connectivity index (χ2v) is 14.2. The molecule has 39 heavy (non-hydrogen) atoms. The van der Waals surface area contributed by atoms with E-state index in [1.165, 1.54) is 28.0 Å². The molecule has 2 bridgehead atoms. The van der Waals surface area contributed by atoms with Gasteiger partial charge in [-0.05, 0) is 74.1 Å². The Morgan fingerprint density at radius 2 is 1.64 bits per heavy atom. The van der Waals surface area contributed by atoms with Gasteiger partial charge in [0.25, 0.3) is 10.0 Å². The highest BCUT2D eigenvalue weighted by atomic mass is 32.2. The first-order chi connectivity index (χ1) is 18.8. The molecule has 3 aromatic carbocycles. The van der Waals surface area contributed by atoms with Crippen LogP contribution < -0.4 is 9.21 Å². The molecule has 0 aromatic heterocycles. The van der Waals surface area contributed by atoms with Crippen LogP contribution in [-0.2, 0) is 20.9 Å². The number of rotatable bonds is 3.